The third kappa shape index (κ3) is 5.55. The molecule has 0 saturated carbocycles. The molecule has 0 spiro atoms. The molecule has 1 aliphatic heterocycles. The summed E-state index contributed by atoms with van der Waals surface area (Å²) in [5.41, 5.74) is 3.64. The Hall–Kier alpha value is -2.43. The molecule has 0 radical (unpaired) electrons. The molecule has 3 rings (SSSR count). The van der Waals surface area contributed by atoms with Gasteiger partial charge in [0.25, 0.3) is 0 Å². The number of amides is 1. The lowest BCUT2D eigenvalue weighted by Gasteiger charge is -2.26. The summed E-state index contributed by atoms with van der Waals surface area (Å²) < 4.78 is 0. The van der Waals surface area contributed by atoms with E-state index in [-0.39, 0.29) is 5.91 Å². The fourth-order valence-electron chi connectivity index (χ4n) is 4.03. The Morgan fingerprint density at radius 1 is 1.07 bits per heavy atom. The van der Waals surface area contributed by atoms with Gasteiger partial charge in [0.2, 0.25) is 5.91 Å². The summed E-state index contributed by atoms with van der Waals surface area (Å²) in [5, 5.41) is 0. The van der Waals surface area contributed by atoms with Gasteiger partial charge >= 0.3 is 0 Å². The van der Waals surface area contributed by atoms with Gasteiger partial charge in [-0.15, -0.1) is 0 Å². The number of hydrogen-bond donors (Lipinski definition) is 0. The molecular formula is C24H34N4O. The number of hydrogen-bond acceptors (Lipinski definition) is 4. The molecular weight excluding hydrogens is 360 g/mol. The molecule has 1 saturated heterocycles. The molecule has 1 amide bonds. The van der Waals surface area contributed by atoms with Crippen LogP contribution in [0.25, 0.3) is 0 Å². The lowest BCUT2D eigenvalue weighted by Crippen LogP contribution is -2.36. The summed E-state index contributed by atoms with van der Waals surface area (Å²) in [6.07, 6.45) is 3.34. The minimum absolute atomic E-state index is 0.277. The largest absolute Gasteiger partial charge is 0.354 e. The number of benzene rings is 1. The minimum Gasteiger partial charge on any atom is -0.354 e. The molecule has 29 heavy (non-hydrogen) atoms. The van der Waals surface area contributed by atoms with Crippen molar-refractivity contribution in [3.05, 3.63) is 53.0 Å². The predicted molar refractivity (Wildman–Crippen MR) is 118 cm³/mol. The third-order valence-corrected chi connectivity index (χ3v) is 5.47. The summed E-state index contributed by atoms with van der Waals surface area (Å²) in [4.78, 5) is 26.6. The van der Waals surface area contributed by atoms with E-state index in [9.17, 15) is 4.79 Å². The van der Waals surface area contributed by atoms with Gasteiger partial charge in [-0.1, -0.05) is 51.1 Å². The summed E-state index contributed by atoms with van der Waals surface area (Å²) in [6.45, 7) is 11.7. The lowest BCUT2D eigenvalue weighted by molar-refractivity contribution is -0.131. The van der Waals surface area contributed by atoms with Crippen molar-refractivity contribution in [2.45, 2.75) is 53.4 Å². The average molecular weight is 395 g/mol. The van der Waals surface area contributed by atoms with Crippen LogP contribution in [0.1, 0.15) is 56.3 Å². The molecule has 2 aromatic rings. The Kier molecular flexibility index (Phi) is 7.24. The molecule has 0 unspecified atom stereocenters. The zero-order chi connectivity index (χ0) is 20.8. The topological polar surface area (TPSA) is 49.3 Å². The Bertz CT molecular complexity index is 819. The second-order valence-corrected chi connectivity index (χ2v) is 8.35. The van der Waals surface area contributed by atoms with Crippen molar-refractivity contribution in [3.63, 3.8) is 0 Å². The molecule has 0 aliphatic carbocycles. The van der Waals surface area contributed by atoms with Crippen LogP contribution in [-0.4, -0.2) is 47.0 Å². The molecule has 0 bridgehead atoms. The van der Waals surface area contributed by atoms with Crippen molar-refractivity contribution in [1.29, 1.82) is 0 Å². The van der Waals surface area contributed by atoms with Crippen LogP contribution in [0.3, 0.4) is 0 Å². The maximum absolute atomic E-state index is 12.5. The highest BCUT2D eigenvalue weighted by Crippen LogP contribution is 2.26. The van der Waals surface area contributed by atoms with Crippen molar-refractivity contribution in [2.24, 2.45) is 5.92 Å². The molecule has 2 heterocycles. The fraction of sp³-hybridized carbons (Fsp3) is 0.542. The van der Waals surface area contributed by atoms with Crippen LogP contribution in [0.4, 0.5) is 5.82 Å². The molecule has 5 heteroatoms. The van der Waals surface area contributed by atoms with Gasteiger partial charge in [-0.3, -0.25) is 4.79 Å². The maximum Gasteiger partial charge on any atom is 0.222 e. The number of rotatable bonds is 6. The molecule has 1 aliphatic rings. The van der Waals surface area contributed by atoms with E-state index >= 15 is 0 Å². The van der Waals surface area contributed by atoms with Crippen molar-refractivity contribution in [3.8, 4) is 0 Å². The van der Waals surface area contributed by atoms with E-state index < -0.39 is 0 Å². The highest BCUT2D eigenvalue weighted by Gasteiger charge is 2.23. The average Bonchev–Trinajstić information content (AvgIpc) is 2.95. The normalized spacial score (nSPS) is 14.9. The first-order chi connectivity index (χ1) is 14.0. The van der Waals surface area contributed by atoms with Gasteiger partial charge in [-0.25, -0.2) is 9.97 Å². The molecule has 0 atom stereocenters. The van der Waals surface area contributed by atoms with Gasteiger partial charge in [0.05, 0.1) is 0 Å². The summed E-state index contributed by atoms with van der Waals surface area (Å²) in [5.74, 6) is 2.55. The number of aryl methyl sites for hydroxylation is 2. The first-order valence-corrected chi connectivity index (χ1v) is 10.9. The minimum atomic E-state index is 0.277. The first kappa shape index (κ1) is 21.3. The fourth-order valence-corrected chi connectivity index (χ4v) is 4.03. The lowest BCUT2D eigenvalue weighted by atomic mass is 10.0. The smallest absolute Gasteiger partial charge is 0.222 e. The predicted octanol–water partition coefficient (Wildman–Crippen LogP) is 4.02. The van der Waals surface area contributed by atoms with Crippen LogP contribution in [0, 0.1) is 12.8 Å². The number of aromatic nitrogens is 2. The molecule has 1 aromatic carbocycles. The molecule has 5 nitrogen and oxygen atoms in total. The Labute approximate surface area is 175 Å². The van der Waals surface area contributed by atoms with Crippen LogP contribution in [-0.2, 0) is 17.6 Å². The van der Waals surface area contributed by atoms with Gasteiger partial charge < -0.3 is 9.80 Å². The molecule has 1 aromatic heterocycles. The maximum atomic E-state index is 12.5. The number of carbonyl (C=O) groups excluding carboxylic acids is 1. The second-order valence-electron chi connectivity index (χ2n) is 8.35. The number of anilines is 1. The summed E-state index contributed by atoms with van der Waals surface area (Å²) in [6, 6.07) is 10.5. The van der Waals surface area contributed by atoms with Gasteiger partial charge in [0.1, 0.15) is 11.6 Å². The highest BCUT2D eigenvalue weighted by atomic mass is 16.2. The van der Waals surface area contributed by atoms with E-state index in [4.69, 9.17) is 9.97 Å². The monoisotopic (exact) mass is 394 g/mol. The van der Waals surface area contributed by atoms with Gasteiger partial charge in [0, 0.05) is 50.3 Å². The molecule has 0 N–H and O–H groups in total. The van der Waals surface area contributed by atoms with Gasteiger partial charge in [0.15, 0.2) is 0 Å². The van der Waals surface area contributed by atoms with E-state index in [1.54, 1.807) is 0 Å². The van der Waals surface area contributed by atoms with Gasteiger partial charge in [-0.05, 0) is 31.2 Å². The van der Waals surface area contributed by atoms with Crippen LogP contribution in [0.2, 0.25) is 0 Å². The van der Waals surface area contributed by atoms with Crippen molar-refractivity contribution in [2.75, 3.05) is 31.1 Å². The van der Waals surface area contributed by atoms with E-state index in [0.29, 0.717) is 12.3 Å². The van der Waals surface area contributed by atoms with Crippen molar-refractivity contribution >= 4 is 11.7 Å². The summed E-state index contributed by atoms with van der Waals surface area (Å²) in [7, 11) is 0. The van der Waals surface area contributed by atoms with E-state index in [1.165, 1.54) is 11.1 Å². The summed E-state index contributed by atoms with van der Waals surface area (Å²) >= 11 is 0. The quantitative estimate of drug-likeness (QED) is 0.742. The van der Waals surface area contributed by atoms with Crippen LogP contribution >= 0.6 is 0 Å². The van der Waals surface area contributed by atoms with Crippen molar-refractivity contribution in [1.82, 2.24) is 14.9 Å². The standard InChI is InChI=1S/C24H34N4O/c1-5-22-21(17-20-10-7-6-8-11-20)24(26-19(4)25-22)28-13-9-12-27(14-15-28)23(29)16-18(2)3/h6-8,10-11,18H,5,9,12-17H2,1-4H3. The molecule has 1 fully saturated rings. The van der Waals surface area contributed by atoms with E-state index in [0.717, 1.165) is 62.8 Å². The Balaban J connectivity index is 1.85. The van der Waals surface area contributed by atoms with Crippen LogP contribution in [0.15, 0.2) is 30.3 Å². The van der Waals surface area contributed by atoms with Gasteiger partial charge in [-0.2, -0.15) is 0 Å². The zero-order valence-electron chi connectivity index (χ0n) is 18.3. The SMILES string of the molecule is CCc1nc(C)nc(N2CCCN(C(=O)CC(C)C)CC2)c1Cc1ccccc1. The Morgan fingerprint density at radius 2 is 1.83 bits per heavy atom. The second kappa shape index (κ2) is 9.86. The third-order valence-electron chi connectivity index (χ3n) is 5.47. The zero-order valence-corrected chi connectivity index (χ0v) is 18.3. The highest BCUT2D eigenvalue weighted by molar-refractivity contribution is 5.76. The number of nitrogens with zero attached hydrogens (tertiary/aromatic N) is 4. The Morgan fingerprint density at radius 3 is 2.52 bits per heavy atom. The van der Waals surface area contributed by atoms with Crippen molar-refractivity contribution < 1.29 is 4.79 Å². The van der Waals surface area contributed by atoms with E-state index in [1.807, 2.05) is 17.9 Å². The number of carbonyl (C=O) groups is 1. The molecule has 156 valence electrons. The van der Waals surface area contributed by atoms with E-state index in [2.05, 4.69) is 49.9 Å². The van der Waals surface area contributed by atoms with Crippen LogP contribution in [0.5, 0.6) is 0 Å². The first-order valence-electron chi connectivity index (χ1n) is 10.9. The van der Waals surface area contributed by atoms with Crippen LogP contribution < -0.4 is 4.90 Å².